The van der Waals surface area contributed by atoms with Crippen molar-refractivity contribution in [1.29, 1.82) is 0 Å². The largest absolute Gasteiger partial charge is 0.331 e. The van der Waals surface area contributed by atoms with E-state index in [-0.39, 0.29) is 23.9 Å². The van der Waals surface area contributed by atoms with Crippen LogP contribution in [0.2, 0.25) is 5.02 Å². The average Bonchev–Trinajstić information content (AvgIpc) is 3.18. The molecule has 2 aromatic heterocycles. The normalized spacial score (nSPS) is 25.6. The third-order valence-corrected chi connectivity index (χ3v) is 5.98. The lowest BCUT2D eigenvalue weighted by molar-refractivity contribution is 0.311. The van der Waals surface area contributed by atoms with E-state index < -0.39 is 0 Å². The standard InChI is InChI=1S/C17H23ClN4O.ClH/c1-9(2)14-8-21(7-12-5-13-4-11(12)6-19-13)16-15(18)10(3)20-22(16)17(14)23;/h8-9,11-13,19H,4-7H2,1-3H3;1H/t11-,12-,13-;/m1./s1. The average molecular weight is 371 g/mol. The Hall–Kier alpha value is -1.04. The molecule has 24 heavy (non-hydrogen) atoms. The minimum absolute atomic E-state index is 0. The Morgan fingerprint density at radius 3 is 2.75 bits per heavy atom. The number of nitrogens with one attached hydrogen (secondary N) is 1. The van der Waals surface area contributed by atoms with Gasteiger partial charge in [0, 0.05) is 24.3 Å². The molecule has 2 aliphatic rings. The summed E-state index contributed by atoms with van der Waals surface area (Å²) in [5.74, 6) is 1.56. The van der Waals surface area contributed by atoms with Crippen molar-refractivity contribution in [3.8, 4) is 0 Å². The molecule has 0 radical (unpaired) electrons. The number of rotatable bonds is 3. The molecule has 3 heterocycles. The molecule has 7 heteroatoms. The zero-order valence-corrected chi connectivity index (χ0v) is 15.8. The molecule has 4 rings (SSSR count). The van der Waals surface area contributed by atoms with Crippen molar-refractivity contribution < 1.29 is 0 Å². The minimum atomic E-state index is -0.0455. The van der Waals surface area contributed by atoms with E-state index in [9.17, 15) is 4.79 Å². The molecule has 0 aromatic carbocycles. The van der Waals surface area contributed by atoms with Gasteiger partial charge in [-0.1, -0.05) is 25.4 Å². The highest BCUT2D eigenvalue weighted by Crippen LogP contribution is 2.38. The van der Waals surface area contributed by atoms with Gasteiger partial charge >= 0.3 is 0 Å². The zero-order valence-electron chi connectivity index (χ0n) is 14.3. The fraction of sp³-hybridized carbons (Fsp3) is 0.647. The van der Waals surface area contributed by atoms with Gasteiger partial charge in [-0.15, -0.1) is 12.4 Å². The van der Waals surface area contributed by atoms with Crippen LogP contribution in [0, 0.1) is 18.8 Å². The third-order valence-electron chi connectivity index (χ3n) is 5.53. The predicted molar refractivity (Wildman–Crippen MR) is 98.5 cm³/mol. The lowest BCUT2D eigenvalue weighted by atomic mass is 9.95. The van der Waals surface area contributed by atoms with E-state index in [2.05, 4.69) is 15.0 Å². The summed E-state index contributed by atoms with van der Waals surface area (Å²) in [4.78, 5) is 12.7. The molecule has 1 saturated carbocycles. The van der Waals surface area contributed by atoms with E-state index in [0.717, 1.165) is 30.2 Å². The number of nitrogens with zero attached hydrogens (tertiary/aromatic N) is 3. The van der Waals surface area contributed by atoms with Gasteiger partial charge in [0.05, 0.1) is 5.69 Å². The van der Waals surface area contributed by atoms with Crippen molar-refractivity contribution in [3.05, 3.63) is 32.8 Å². The number of fused-ring (bicyclic) bond motifs is 3. The first-order valence-electron chi connectivity index (χ1n) is 8.47. The molecule has 1 N–H and O–H groups in total. The van der Waals surface area contributed by atoms with Crippen LogP contribution < -0.4 is 10.9 Å². The fourth-order valence-electron chi connectivity index (χ4n) is 4.25. The van der Waals surface area contributed by atoms with E-state index in [0.29, 0.717) is 22.7 Å². The van der Waals surface area contributed by atoms with Crippen molar-refractivity contribution in [1.82, 2.24) is 19.5 Å². The highest BCUT2D eigenvalue weighted by Gasteiger charge is 2.39. The highest BCUT2D eigenvalue weighted by atomic mass is 35.5. The van der Waals surface area contributed by atoms with Crippen molar-refractivity contribution in [3.63, 3.8) is 0 Å². The molecule has 2 aromatic rings. The Labute approximate surface area is 152 Å². The van der Waals surface area contributed by atoms with Gasteiger partial charge in [0.15, 0.2) is 5.65 Å². The summed E-state index contributed by atoms with van der Waals surface area (Å²) in [7, 11) is 0. The summed E-state index contributed by atoms with van der Waals surface area (Å²) < 4.78 is 3.67. The van der Waals surface area contributed by atoms with Gasteiger partial charge in [-0.2, -0.15) is 9.61 Å². The second kappa shape index (κ2) is 6.36. The topological polar surface area (TPSA) is 51.3 Å². The maximum Gasteiger partial charge on any atom is 0.277 e. The molecule has 1 aliphatic carbocycles. The predicted octanol–water partition coefficient (Wildman–Crippen LogP) is 3.00. The number of piperidine rings is 1. The van der Waals surface area contributed by atoms with Crippen LogP contribution in [0.1, 0.15) is 43.9 Å². The van der Waals surface area contributed by atoms with Crippen LogP contribution in [0.15, 0.2) is 11.0 Å². The molecule has 5 nitrogen and oxygen atoms in total. The van der Waals surface area contributed by atoms with E-state index in [4.69, 9.17) is 11.6 Å². The van der Waals surface area contributed by atoms with Crippen LogP contribution in [0.3, 0.4) is 0 Å². The van der Waals surface area contributed by atoms with Crippen LogP contribution >= 0.6 is 24.0 Å². The van der Waals surface area contributed by atoms with Crippen molar-refractivity contribution >= 4 is 29.7 Å². The second-order valence-corrected chi connectivity index (χ2v) is 7.81. The van der Waals surface area contributed by atoms with E-state index in [1.165, 1.54) is 17.4 Å². The molecule has 1 aliphatic heterocycles. The smallest absolute Gasteiger partial charge is 0.277 e. The van der Waals surface area contributed by atoms with Crippen molar-refractivity contribution in [2.75, 3.05) is 6.54 Å². The summed E-state index contributed by atoms with van der Waals surface area (Å²) in [6.07, 6.45) is 4.50. The molecule has 2 fully saturated rings. The van der Waals surface area contributed by atoms with Crippen LogP contribution in [0.5, 0.6) is 0 Å². The molecule has 1 saturated heterocycles. The number of hydrogen-bond acceptors (Lipinski definition) is 3. The molecule has 2 bridgehead atoms. The Bertz CT molecular complexity index is 826. The van der Waals surface area contributed by atoms with Gasteiger partial charge in [0.2, 0.25) is 0 Å². The number of aryl methyl sites for hydroxylation is 1. The SMILES string of the molecule is Cc1nn2c(=O)c(C(C)C)cn(C[C@H]3C[C@H]4C[C@@H]3CN4)c2c1Cl.Cl. The van der Waals surface area contributed by atoms with Crippen LogP contribution in [0.25, 0.3) is 5.65 Å². The number of aromatic nitrogens is 3. The molecule has 0 amide bonds. The Balaban J connectivity index is 0.00000169. The second-order valence-electron chi connectivity index (χ2n) is 7.43. The summed E-state index contributed by atoms with van der Waals surface area (Å²) >= 11 is 6.46. The first kappa shape index (κ1) is 17.8. The van der Waals surface area contributed by atoms with Gasteiger partial charge in [-0.05, 0) is 44.1 Å². The van der Waals surface area contributed by atoms with Gasteiger partial charge in [-0.3, -0.25) is 4.79 Å². The van der Waals surface area contributed by atoms with Crippen LogP contribution in [-0.4, -0.2) is 26.8 Å². The Morgan fingerprint density at radius 1 is 1.42 bits per heavy atom. The maximum absolute atomic E-state index is 12.7. The lowest BCUT2D eigenvalue weighted by Crippen LogP contribution is -2.32. The summed E-state index contributed by atoms with van der Waals surface area (Å²) in [5, 5.41) is 8.53. The van der Waals surface area contributed by atoms with Crippen LogP contribution in [0.4, 0.5) is 0 Å². The lowest BCUT2D eigenvalue weighted by Gasteiger charge is -2.24. The monoisotopic (exact) mass is 370 g/mol. The minimum Gasteiger partial charge on any atom is -0.331 e. The van der Waals surface area contributed by atoms with Gasteiger partial charge in [-0.25, -0.2) is 0 Å². The zero-order chi connectivity index (χ0) is 16.3. The summed E-state index contributed by atoms with van der Waals surface area (Å²) in [6, 6.07) is 0.673. The van der Waals surface area contributed by atoms with Gasteiger partial charge in [0.25, 0.3) is 5.56 Å². The van der Waals surface area contributed by atoms with E-state index >= 15 is 0 Å². The van der Waals surface area contributed by atoms with Gasteiger partial charge in [0.1, 0.15) is 5.02 Å². The molecule has 3 atom stereocenters. The maximum atomic E-state index is 12.7. The first-order chi connectivity index (χ1) is 11.0. The Kier molecular flexibility index (Phi) is 4.71. The van der Waals surface area contributed by atoms with Gasteiger partial charge < -0.3 is 9.88 Å². The van der Waals surface area contributed by atoms with Crippen LogP contribution in [-0.2, 0) is 6.54 Å². The van der Waals surface area contributed by atoms with E-state index in [1.807, 2.05) is 27.0 Å². The molecular weight excluding hydrogens is 347 g/mol. The number of halogens is 2. The summed E-state index contributed by atoms with van der Waals surface area (Å²) in [6.45, 7) is 7.99. The molecule has 0 spiro atoms. The molecule has 0 unspecified atom stereocenters. The number of hydrogen-bond donors (Lipinski definition) is 1. The van der Waals surface area contributed by atoms with Crippen molar-refractivity contribution in [2.45, 2.75) is 52.1 Å². The molecule has 132 valence electrons. The molecular formula is C17H24Cl2N4O. The summed E-state index contributed by atoms with van der Waals surface area (Å²) in [5.41, 5.74) is 2.22. The quantitative estimate of drug-likeness (QED) is 0.903. The highest BCUT2D eigenvalue weighted by molar-refractivity contribution is 6.34. The first-order valence-corrected chi connectivity index (χ1v) is 8.85. The van der Waals surface area contributed by atoms with E-state index in [1.54, 1.807) is 0 Å². The fourth-order valence-corrected chi connectivity index (χ4v) is 4.48. The third kappa shape index (κ3) is 2.67. The Morgan fingerprint density at radius 2 is 2.17 bits per heavy atom. The van der Waals surface area contributed by atoms with Crippen molar-refractivity contribution in [2.24, 2.45) is 11.8 Å².